The highest BCUT2D eigenvalue weighted by molar-refractivity contribution is 5.19. The number of ether oxygens (including phenoxy) is 1. The van der Waals surface area contributed by atoms with Crippen molar-refractivity contribution in [2.45, 2.75) is 53.1 Å². The zero-order chi connectivity index (χ0) is 12.4. The van der Waals surface area contributed by atoms with Gasteiger partial charge in [-0.3, -0.25) is 0 Å². The molecule has 92 valence electrons. The molecule has 1 atom stereocenters. The van der Waals surface area contributed by atoms with E-state index in [0.29, 0.717) is 0 Å². The van der Waals surface area contributed by atoms with Crippen LogP contribution in [0.25, 0.3) is 0 Å². The van der Waals surface area contributed by atoms with Gasteiger partial charge in [-0.05, 0) is 44.9 Å². The predicted octanol–water partition coefficient (Wildman–Crippen LogP) is 4.92. The second-order valence-corrected chi connectivity index (χ2v) is 4.06. The van der Waals surface area contributed by atoms with Crippen LogP contribution in [0.1, 0.15) is 47.0 Å². The van der Waals surface area contributed by atoms with Crippen molar-refractivity contribution in [2.75, 3.05) is 0 Å². The Hall–Kier alpha value is -1.05. The molecule has 0 saturated carbocycles. The molecule has 0 fully saturated rings. The standard InChI is InChI=1S/C14H23FO/c1-5-8-14(6-2)16-10-7-9-13(15)11-12(3)4/h7,9-11,14H,5-6,8H2,1-4H3/b10-7+,13-9+. The van der Waals surface area contributed by atoms with Gasteiger partial charge in [0.05, 0.1) is 12.4 Å². The molecule has 1 nitrogen and oxygen atoms in total. The summed E-state index contributed by atoms with van der Waals surface area (Å²) in [5.41, 5.74) is 0.945. The highest BCUT2D eigenvalue weighted by Crippen LogP contribution is 2.07. The molecule has 2 heteroatoms. The van der Waals surface area contributed by atoms with Crippen LogP contribution in [0.15, 0.2) is 35.9 Å². The zero-order valence-corrected chi connectivity index (χ0v) is 10.8. The molecule has 0 bridgehead atoms. The zero-order valence-electron chi connectivity index (χ0n) is 10.8. The fourth-order valence-electron chi connectivity index (χ4n) is 1.30. The maximum absolute atomic E-state index is 13.1. The molecule has 0 saturated heterocycles. The minimum absolute atomic E-state index is 0.247. The van der Waals surface area contributed by atoms with Gasteiger partial charge in [0.15, 0.2) is 0 Å². The van der Waals surface area contributed by atoms with E-state index in [1.165, 1.54) is 12.2 Å². The lowest BCUT2D eigenvalue weighted by atomic mass is 10.2. The molecule has 0 spiro atoms. The van der Waals surface area contributed by atoms with Crippen LogP contribution in [0.4, 0.5) is 4.39 Å². The Kier molecular flexibility index (Phi) is 8.59. The molecule has 0 N–H and O–H groups in total. The van der Waals surface area contributed by atoms with E-state index in [1.54, 1.807) is 12.3 Å². The average Bonchev–Trinajstić information content (AvgIpc) is 2.21. The van der Waals surface area contributed by atoms with Crippen molar-refractivity contribution in [2.24, 2.45) is 0 Å². The number of hydrogen-bond acceptors (Lipinski definition) is 1. The van der Waals surface area contributed by atoms with E-state index in [1.807, 2.05) is 13.8 Å². The Morgan fingerprint density at radius 3 is 2.50 bits per heavy atom. The first-order valence-electron chi connectivity index (χ1n) is 5.92. The molecule has 0 aromatic rings. The molecule has 0 aliphatic carbocycles. The number of hydrogen-bond donors (Lipinski definition) is 0. The van der Waals surface area contributed by atoms with Crippen LogP contribution in [0.3, 0.4) is 0 Å². The molecule has 0 amide bonds. The molecule has 0 radical (unpaired) electrons. The van der Waals surface area contributed by atoms with Gasteiger partial charge in [-0.15, -0.1) is 0 Å². The average molecular weight is 226 g/mol. The Morgan fingerprint density at radius 2 is 2.00 bits per heavy atom. The van der Waals surface area contributed by atoms with Crippen LogP contribution in [-0.4, -0.2) is 6.10 Å². The summed E-state index contributed by atoms with van der Waals surface area (Å²) in [5, 5.41) is 0. The van der Waals surface area contributed by atoms with Crippen molar-refractivity contribution in [3.63, 3.8) is 0 Å². The second kappa shape index (κ2) is 9.20. The van der Waals surface area contributed by atoms with Crippen LogP contribution < -0.4 is 0 Å². The minimum Gasteiger partial charge on any atom is -0.498 e. The summed E-state index contributed by atoms with van der Waals surface area (Å²) in [6.45, 7) is 7.95. The molecule has 0 aromatic carbocycles. The van der Waals surface area contributed by atoms with Crippen molar-refractivity contribution < 1.29 is 9.13 Å². The first kappa shape index (κ1) is 14.9. The smallest absolute Gasteiger partial charge is 0.123 e. The summed E-state index contributed by atoms with van der Waals surface area (Å²) in [7, 11) is 0. The monoisotopic (exact) mass is 226 g/mol. The van der Waals surface area contributed by atoms with Crippen LogP contribution >= 0.6 is 0 Å². The summed E-state index contributed by atoms with van der Waals surface area (Å²) in [4.78, 5) is 0. The van der Waals surface area contributed by atoms with E-state index in [-0.39, 0.29) is 11.9 Å². The maximum Gasteiger partial charge on any atom is 0.123 e. The molecule has 1 unspecified atom stereocenters. The Balaban J connectivity index is 4.05. The molecule has 0 aromatic heterocycles. The summed E-state index contributed by atoms with van der Waals surface area (Å²) < 4.78 is 18.6. The summed E-state index contributed by atoms with van der Waals surface area (Å²) in [6, 6.07) is 0. The van der Waals surface area contributed by atoms with Gasteiger partial charge in [-0.25, -0.2) is 4.39 Å². The third-order valence-electron chi connectivity index (χ3n) is 2.10. The second-order valence-electron chi connectivity index (χ2n) is 4.06. The van der Waals surface area contributed by atoms with Gasteiger partial charge in [0.25, 0.3) is 0 Å². The highest BCUT2D eigenvalue weighted by atomic mass is 19.1. The molecule has 0 aliphatic heterocycles. The van der Waals surface area contributed by atoms with E-state index < -0.39 is 0 Å². The number of allylic oxidation sites excluding steroid dienone is 5. The quantitative estimate of drug-likeness (QED) is 0.442. The Morgan fingerprint density at radius 1 is 1.31 bits per heavy atom. The lowest BCUT2D eigenvalue weighted by Gasteiger charge is -2.12. The van der Waals surface area contributed by atoms with Crippen molar-refractivity contribution in [3.05, 3.63) is 35.9 Å². The number of rotatable bonds is 7. The van der Waals surface area contributed by atoms with E-state index in [4.69, 9.17) is 4.74 Å². The van der Waals surface area contributed by atoms with Crippen molar-refractivity contribution >= 4 is 0 Å². The van der Waals surface area contributed by atoms with Crippen molar-refractivity contribution in [1.82, 2.24) is 0 Å². The van der Waals surface area contributed by atoms with E-state index >= 15 is 0 Å². The van der Waals surface area contributed by atoms with Crippen LogP contribution in [-0.2, 0) is 4.74 Å². The van der Waals surface area contributed by atoms with E-state index in [9.17, 15) is 4.39 Å². The van der Waals surface area contributed by atoms with Gasteiger partial charge in [-0.2, -0.15) is 0 Å². The van der Waals surface area contributed by atoms with Gasteiger partial charge < -0.3 is 4.74 Å². The fraction of sp³-hybridized carbons (Fsp3) is 0.571. The third kappa shape index (κ3) is 8.27. The van der Waals surface area contributed by atoms with Gasteiger partial charge >= 0.3 is 0 Å². The minimum atomic E-state index is -0.247. The highest BCUT2D eigenvalue weighted by Gasteiger charge is 2.01. The SMILES string of the molecule is CCCC(CC)O/C=C/C=C(/F)C=C(C)C. The molecule has 0 rings (SSSR count). The maximum atomic E-state index is 13.1. The van der Waals surface area contributed by atoms with Crippen LogP contribution in [0.5, 0.6) is 0 Å². The number of halogens is 1. The Bertz CT molecular complexity index is 260. The van der Waals surface area contributed by atoms with E-state index in [2.05, 4.69) is 13.8 Å². The lowest BCUT2D eigenvalue weighted by molar-refractivity contribution is 0.131. The summed E-state index contributed by atoms with van der Waals surface area (Å²) in [6.07, 6.45) is 9.46. The topological polar surface area (TPSA) is 9.23 Å². The fourth-order valence-corrected chi connectivity index (χ4v) is 1.30. The van der Waals surface area contributed by atoms with Crippen LogP contribution in [0.2, 0.25) is 0 Å². The van der Waals surface area contributed by atoms with Crippen LogP contribution in [0, 0.1) is 0 Å². The first-order chi connectivity index (χ1) is 7.60. The largest absolute Gasteiger partial charge is 0.498 e. The molecule has 16 heavy (non-hydrogen) atoms. The van der Waals surface area contributed by atoms with Gasteiger partial charge in [-0.1, -0.05) is 25.8 Å². The summed E-state index contributed by atoms with van der Waals surface area (Å²) >= 11 is 0. The Labute approximate surface area is 98.7 Å². The molecular weight excluding hydrogens is 203 g/mol. The molecule has 0 heterocycles. The molecular formula is C14H23FO. The summed E-state index contributed by atoms with van der Waals surface area (Å²) in [5.74, 6) is -0.247. The first-order valence-corrected chi connectivity index (χ1v) is 5.92. The van der Waals surface area contributed by atoms with Gasteiger partial charge in [0, 0.05) is 0 Å². The van der Waals surface area contributed by atoms with Gasteiger partial charge in [0.1, 0.15) is 5.83 Å². The molecule has 0 aliphatic rings. The van der Waals surface area contributed by atoms with Crippen molar-refractivity contribution in [1.29, 1.82) is 0 Å². The van der Waals surface area contributed by atoms with E-state index in [0.717, 1.165) is 24.8 Å². The lowest BCUT2D eigenvalue weighted by Crippen LogP contribution is -2.06. The van der Waals surface area contributed by atoms with Gasteiger partial charge in [0.2, 0.25) is 0 Å². The normalized spacial score (nSPS) is 13.9. The predicted molar refractivity (Wildman–Crippen MR) is 67.8 cm³/mol. The van der Waals surface area contributed by atoms with Crippen molar-refractivity contribution in [3.8, 4) is 0 Å². The third-order valence-corrected chi connectivity index (χ3v) is 2.10.